The number of nitriles is 1. The Morgan fingerprint density at radius 2 is 2.38 bits per heavy atom. The molecular formula is C12H16N4. The van der Waals surface area contributed by atoms with Crippen molar-refractivity contribution in [1.82, 2.24) is 10.3 Å². The van der Waals surface area contributed by atoms with Crippen molar-refractivity contribution in [3.63, 3.8) is 0 Å². The molecule has 16 heavy (non-hydrogen) atoms. The van der Waals surface area contributed by atoms with Gasteiger partial charge in [0.25, 0.3) is 0 Å². The summed E-state index contributed by atoms with van der Waals surface area (Å²) in [6, 6.07) is 6.64. The molecule has 0 bridgehead atoms. The minimum absolute atomic E-state index is 0.373. The standard InChI is InChI=1S/C12H16N4/c1-9-8-16(10(2)7-15-9)12-11(6-13)4-3-5-14-12/h3-5,9-10,15H,7-8H2,1-2H3. The summed E-state index contributed by atoms with van der Waals surface area (Å²) in [7, 11) is 0. The smallest absolute Gasteiger partial charge is 0.146 e. The van der Waals surface area contributed by atoms with Crippen LogP contribution in [0.4, 0.5) is 5.82 Å². The van der Waals surface area contributed by atoms with Crippen LogP contribution in [0, 0.1) is 11.3 Å². The molecule has 0 saturated carbocycles. The molecular weight excluding hydrogens is 200 g/mol. The second-order valence-electron chi connectivity index (χ2n) is 4.30. The average molecular weight is 216 g/mol. The van der Waals surface area contributed by atoms with Crippen molar-refractivity contribution >= 4 is 5.82 Å². The molecule has 0 aliphatic carbocycles. The maximum absolute atomic E-state index is 9.07. The van der Waals surface area contributed by atoms with Crippen molar-refractivity contribution in [3.8, 4) is 6.07 Å². The average Bonchev–Trinajstić information content (AvgIpc) is 2.32. The van der Waals surface area contributed by atoms with E-state index in [2.05, 4.69) is 35.1 Å². The van der Waals surface area contributed by atoms with Crippen LogP contribution in [0.15, 0.2) is 18.3 Å². The van der Waals surface area contributed by atoms with E-state index < -0.39 is 0 Å². The second-order valence-corrected chi connectivity index (χ2v) is 4.30. The monoisotopic (exact) mass is 216 g/mol. The molecule has 1 aromatic heterocycles. The van der Waals surface area contributed by atoms with Gasteiger partial charge in [-0.2, -0.15) is 5.26 Å². The minimum atomic E-state index is 0.373. The van der Waals surface area contributed by atoms with Crippen molar-refractivity contribution in [2.75, 3.05) is 18.0 Å². The number of nitrogens with one attached hydrogen (secondary N) is 1. The summed E-state index contributed by atoms with van der Waals surface area (Å²) in [6.07, 6.45) is 1.75. The van der Waals surface area contributed by atoms with Crippen LogP contribution < -0.4 is 10.2 Å². The molecule has 84 valence electrons. The van der Waals surface area contributed by atoms with Crippen LogP contribution in [0.1, 0.15) is 19.4 Å². The fraction of sp³-hybridized carbons (Fsp3) is 0.500. The highest BCUT2D eigenvalue weighted by atomic mass is 15.3. The van der Waals surface area contributed by atoms with Gasteiger partial charge in [-0.25, -0.2) is 4.98 Å². The van der Waals surface area contributed by atoms with E-state index >= 15 is 0 Å². The van der Waals surface area contributed by atoms with E-state index in [1.54, 1.807) is 12.3 Å². The number of piperazine rings is 1. The molecule has 0 aromatic carbocycles. The Labute approximate surface area is 95.9 Å². The lowest BCUT2D eigenvalue weighted by atomic mass is 10.1. The van der Waals surface area contributed by atoms with Crippen LogP contribution in [0.25, 0.3) is 0 Å². The van der Waals surface area contributed by atoms with Gasteiger partial charge < -0.3 is 10.2 Å². The molecule has 1 aliphatic heterocycles. The lowest BCUT2D eigenvalue weighted by Crippen LogP contribution is -2.54. The number of rotatable bonds is 1. The SMILES string of the molecule is CC1CN(c2ncccc2C#N)C(C)CN1. The second kappa shape index (κ2) is 4.50. The minimum Gasteiger partial charge on any atom is -0.350 e. The van der Waals surface area contributed by atoms with Gasteiger partial charge in [0.05, 0.1) is 5.56 Å². The number of pyridine rings is 1. The van der Waals surface area contributed by atoms with Gasteiger partial charge in [0.2, 0.25) is 0 Å². The quantitative estimate of drug-likeness (QED) is 0.765. The first-order valence-electron chi connectivity index (χ1n) is 5.57. The van der Waals surface area contributed by atoms with Gasteiger partial charge in [-0.1, -0.05) is 0 Å². The lowest BCUT2D eigenvalue weighted by molar-refractivity contribution is 0.422. The molecule has 2 rings (SSSR count). The maximum atomic E-state index is 9.07. The van der Waals surface area contributed by atoms with E-state index in [4.69, 9.17) is 5.26 Å². The van der Waals surface area contributed by atoms with Crippen molar-refractivity contribution in [2.24, 2.45) is 0 Å². The number of nitrogens with zero attached hydrogens (tertiary/aromatic N) is 3. The van der Waals surface area contributed by atoms with Gasteiger partial charge in [0.1, 0.15) is 11.9 Å². The molecule has 4 nitrogen and oxygen atoms in total. The molecule has 0 radical (unpaired) electrons. The fourth-order valence-electron chi connectivity index (χ4n) is 2.03. The third kappa shape index (κ3) is 2.00. The zero-order valence-corrected chi connectivity index (χ0v) is 9.64. The van der Waals surface area contributed by atoms with Crippen molar-refractivity contribution < 1.29 is 0 Å². The molecule has 1 fully saturated rings. The van der Waals surface area contributed by atoms with E-state index in [0.717, 1.165) is 18.9 Å². The molecule has 1 saturated heterocycles. The van der Waals surface area contributed by atoms with Crippen molar-refractivity contribution in [1.29, 1.82) is 5.26 Å². The normalized spacial score (nSPS) is 25.2. The van der Waals surface area contributed by atoms with E-state index in [9.17, 15) is 0 Å². The van der Waals surface area contributed by atoms with Crippen molar-refractivity contribution in [3.05, 3.63) is 23.9 Å². The van der Waals surface area contributed by atoms with Gasteiger partial charge in [0, 0.05) is 31.4 Å². The first-order valence-corrected chi connectivity index (χ1v) is 5.57. The van der Waals surface area contributed by atoms with Gasteiger partial charge in [0.15, 0.2) is 0 Å². The van der Waals surface area contributed by atoms with Gasteiger partial charge >= 0.3 is 0 Å². The van der Waals surface area contributed by atoms with Gasteiger partial charge in [-0.3, -0.25) is 0 Å². The number of aromatic nitrogens is 1. The van der Waals surface area contributed by atoms with Crippen LogP contribution in [-0.2, 0) is 0 Å². The summed E-state index contributed by atoms with van der Waals surface area (Å²) in [4.78, 5) is 6.54. The highest BCUT2D eigenvalue weighted by Crippen LogP contribution is 2.20. The third-order valence-electron chi connectivity index (χ3n) is 2.94. The zero-order valence-electron chi connectivity index (χ0n) is 9.64. The Morgan fingerprint density at radius 1 is 1.56 bits per heavy atom. The van der Waals surface area contributed by atoms with Crippen molar-refractivity contribution in [2.45, 2.75) is 25.9 Å². The predicted molar refractivity (Wildman–Crippen MR) is 63.2 cm³/mol. The van der Waals surface area contributed by atoms with Gasteiger partial charge in [-0.15, -0.1) is 0 Å². The summed E-state index contributed by atoms with van der Waals surface area (Å²) >= 11 is 0. The van der Waals surface area contributed by atoms with Crippen LogP contribution in [0.5, 0.6) is 0 Å². The van der Waals surface area contributed by atoms with E-state index in [1.165, 1.54) is 0 Å². The van der Waals surface area contributed by atoms with Crippen LogP contribution >= 0.6 is 0 Å². The van der Waals surface area contributed by atoms with Crippen LogP contribution in [0.3, 0.4) is 0 Å². The Morgan fingerprint density at radius 3 is 3.12 bits per heavy atom. The number of hydrogen-bond acceptors (Lipinski definition) is 4. The van der Waals surface area contributed by atoms with E-state index in [1.807, 2.05) is 6.07 Å². The molecule has 0 amide bonds. The third-order valence-corrected chi connectivity index (χ3v) is 2.94. The molecule has 1 N–H and O–H groups in total. The number of hydrogen-bond donors (Lipinski definition) is 1. The summed E-state index contributed by atoms with van der Waals surface area (Å²) in [5.74, 6) is 0.811. The Kier molecular flexibility index (Phi) is 3.07. The largest absolute Gasteiger partial charge is 0.350 e. The Hall–Kier alpha value is -1.60. The maximum Gasteiger partial charge on any atom is 0.146 e. The molecule has 1 aromatic rings. The van der Waals surface area contributed by atoms with E-state index in [-0.39, 0.29) is 0 Å². The molecule has 2 atom stereocenters. The topological polar surface area (TPSA) is 52.0 Å². The first kappa shape index (κ1) is 10.9. The molecule has 4 heteroatoms. The van der Waals surface area contributed by atoms with Crippen LogP contribution in [0.2, 0.25) is 0 Å². The molecule has 1 aliphatic rings. The molecule has 2 unspecified atom stereocenters. The van der Waals surface area contributed by atoms with Crippen LogP contribution in [-0.4, -0.2) is 30.2 Å². The van der Waals surface area contributed by atoms with Gasteiger partial charge in [-0.05, 0) is 26.0 Å². The fourth-order valence-corrected chi connectivity index (χ4v) is 2.03. The lowest BCUT2D eigenvalue weighted by Gasteiger charge is -2.38. The summed E-state index contributed by atoms with van der Waals surface area (Å²) in [6.45, 7) is 6.12. The summed E-state index contributed by atoms with van der Waals surface area (Å²) in [5.41, 5.74) is 0.656. The highest BCUT2D eigenvalue weighted by molar-refractivity contribution is 5.54. The Bertz CT molecular complexity index is 410. The first-order chi connectivity index (χ1) is 7.72. The molecule has 2 heterocycles. The Balaban J connectivity index is 2.32. The zero-order chi connectivity index (χ0) is 11.5. The van der Waals surface area contributed by atoms with E-state index in [0.29, 0.717) is 17.6 Å². The summed E-state index contributed by atoms with van der Waals surface area (Å²) < 4.78 is 0. The highest BCUT2D eigenvalue weighted by Gasteiger charge is 2.24. The predicted octanol–water partition coefficient (Wildman–Crippen LogP) is 1.14. The summed E-state index contributed by atoms with van der Waals surface area (Å²) in [5, 5.41) is 12.5. The molecule has 0 spiro atoms. The number of anilines is 1.